The molecule has 0 radical (unpaired) electrons. The fourth-order valence-corrected chi connectivity index (χ4v) is 1.37. The van der Waals surface area contributed by atoms with Crippen LogP contribution in [-0.4, -0.2) is 27.3 Å². The average Bonchev–Trinajstić information content (AvgIpc) is 2.84. The minimum absolute atomic E-state index is 0.519. The lowest BCUT2D eigenvalue weighted by Crippen LogP contribution is -1.98. The van der Waals surface area contributed by atoms with Crippen molar-refractivity contribution in [2.24, 2.45) is 0 Å². The van der Waals surface area contributed by atoms with Gasteiger partial charge in [-0.2, -0.15) is 0 Å². The van der Waals surface area contributed by atoms with Crippen molar-refractivity contribution in [2.45, 2.75) is 0 Å². The molecule has 2 aromatic rings. The number of rotatable bonds is 4. The Morgan fingerprint density at radius 1 is 1.22 bits per heavy atom. The summed E-state index contributed by atoms with van der Waals surface area (Å²) in [6, 6.07) is 7.19. The second-order valence-corrected chi connectivity index (χ2v) is 3.77. The highest BCUT2D eigenvalue weighted by atomic mass is 35.5. The molecule has 0 aliphatic heterocycles. The van der Waals surface area contributed by atoms with Gasteiger partial charge in [0.15, 0.2) is 5.82 Å². The molecule has 0 aliphatic rings. The molecule has 0 atom stereocenters. The van der Waals surface area contributed by atoms with E-state index in [2.05, 4.69) is 15.4 Å². The first-order valence-electron chi connectivity index (χ1n) is 5.21. The number of halogens is 1. The molecule has 0 spiro atoms. The fourth-order valence-electron chi connectivity index (χ4n) is 1.24. The van der Waals surface area contributed by atoms with E-state index in [9.17, 15) is 0 Å². The van der Waals surface area contributed by atoms with Gasteiger partial charge in [-0.3, -0.25) is 0 Å². The van der Waals surface area contributed by atoms with E-state index in [0.717, 1.165) is 5.69 Å². The molecule has 1 aromatic heterocycles. The molecule has 6 heteroatoms. The zero-order valence-corrected chi connectivity index (χ0v) is 10.4. The summed E-state index contributed by atoms with van der Waals surface area (Å²) in [7, 11) is 1.58. The first kappa shape index (κ1) is 12.3. The van der Waals surface area contributed by atoms with Gasteiger partial charge in [0, 0.05) is 5.02 Å². The summed E-state index contributed by atoms with van der Waals surface area (Å²) in [6.45, 7) is 0. The van der Waals surface area contributed by atoms with Gasteiger partial charge in [0.2, 0.25) is 0 Å². The number of hydrogen-bond acceptors (Lipinski definition) is 4. The number of nitrogens with zero attached hydrogens (tertiary/aromatic N) is 4. The van der Waals surface area contributed by atoms with Gasteiger partial charge in [-0.25, -0.2) is 0 Å². The second-order valence-electron chi connectivity index (χ2n) is 3.34. The van der Waals surface area contributed by atoms with Crippen molar-refractivity contribution >= 4 is 17.7 Å². The number of methoxy groups -OCH3 is 1. The van der Waals surface area contributed by atoms with Crippen molar-refractivity contribution in [1.29, 1.82) is 0 Å². The predicted molar refractivity (Wildman–Crippen MR) is 69.3 cm³/mol. The molecule has 0 aliphatic carbocycles. The van der Waals surface area contributed by atoms with Gasteiger partial charge < -0.3 is 4.74 Å². The van der Waals surface area contributed by atoms with Crippen LogP contribution >= 0.6 is 11.6 Å². The molecule has 0 bridgehead atoms. The van der Waals surface area contributed by atoms with Gasteiger partial charge in [-0.1, -0.05) is 17.7 Å². The number of benzene rings is 1. The van der Waals surface area contributed by atoms with Crippen LogP contribution in [0.2, 0.25) is 5.02 Å². The Balaban J connectivity index is 2.13. The first-order chi connectivity index (χ1) is 8.79. The maximum Gasteiger partial charge on any atom is 0.198 e. The maximum absolute atomic E-state index is 5.81. The SMILES string of the molecule is CO/C=C\C=C/c1nnn(-c2ccc(Cl)cc2)n1. The van der Waals surface area contributed by atoms with Crippen LogP contribution in [0.25, 0.3) is 11.8 Å². The summed E-state index contributed by atoms with van der Waals surface area (Å²) < 4.78 is 4.76. The van der Waals surface area contributed by atoms with Gasteiger partial charge >= 0.3 is 0 Å². The van der Waals surface area contributed by atoms with E-state index < -0.39 is 0 Å². The summed E-state index contributed by atoms with van der Waals surface area (Å²) in [5.41, 5.74) is 0.805. The molecule has 0 unspecified atom stereocenters. The molecule has 0 amide bonds. The van der Waals surface area contributed by atoms with E-state index in [1.165, 1.54) is 4.80 Å². The van der Waals surface area contributed by atoms with E-state index in [1.54, 1.807) is 43.7 Å². The summed E-state index contributed by atoms with van der Waals surface area (Å²) in [5.74, 6) is 0.519. The van der Waals surface area contributed by atoms with Crippen LogP contribution < -0.4 is 0 Å². The monoisotopic (exact) mass is 262 g/mol. The summed E-state index contributed by atoms with van der Waals surface area (Å²) in [5, 5.41) is 12.7. The predicted octanol–water partition coefficient (Wildman–Crippen LogP) is 2.49. The number of hydrogen-bond donors (Lipinski definition) is 0. The second kappa shape index (κ2) is 5.97. The molecule has 1 aromatic carbocycles. The molecule has 0 saturated carbocycles. The van der Waals surface area contributed by atoms with Gasteiger partial charge in [0.25, 0.3) is 0 Å². The van der Waals surface area contributed by atoms with Crippen molar-refractivity contribution in [2.75, 3.05) is 7.11 Å². The molecule has 0 fully saturated rings. The van der Waals surface area contributed by atoms with Crippen LogP contribution in [0.15, 0.2) is 42.7 Å². The fraction of sp³-hybridized carbons (Fsp3) is 0.0833. The maximum atomic E-state index is 5.81. The number of ether oxygens (including phenoxy) is 1. The van der Waals surface area contributed by atoms with E-state index in [1.807, 2.05) is 12.1 Å². The van der Waals surface area contributed by atoms with Gasteiger partial charge in [-0.15, -0.1) is 15.0 Å². The third-order valence-corrected chi connectivity index (χ3v) is 2.31. The van der Waals surface area contributed by atoms with Crippen LogP contribution in [0.4, 0.5) is 0 Å². The van der Waals surface area contributed by atoms with Crippen molar-refractivity contribution in [1.82, 2.24) is 20.2 Å². The molecule has 0 saturated heterocycles. The highest BCUT2D eigenvalue weighted by Gasteiger charge is 2.01. The molecule has 5 nitrogen and oxygen atoms in total. The molecule has 0 N–H and O–H groups in total. The van der Waals surface area contributed by atoms with E-state index in [-0.39, 0.29) is 0 Å². The Kier molecular flexibility index (Phi) is 4.09. The van der Waals surface area contributed by atoms with E-state index >= 15 is 0 Å². The van der Waals surface area contributed by atoms with Gasteiger partial charge in [-0.05, 0) is 41.6 Å². The normalized spacial score (nSPS) is 11.4. The van der Waals surface area contributed by atoms with E-state index in [4.69, 9.17) is 16.3 Å². The average molecular weight is 263 g/mol. The largest absolute Gasteiger partial charge is 0.504 e. The summed E-state index contributed by atoms with van der Waals surface area (Å²) in [6.07, 6.45) is 6.80. The Bertz CT molecular complexity index is 560. The van der Waals surface area contributed by atoms with Crippen molar-refractivity contribution < 1.29 is 4.74 Å². The minimum Gasteiger partial charge on any atom is -0.504 e. The Hall–Kier alpha value is -2.14. The highest BCUT2D eigenvalue weighted by Crippen LogP contribution is 2.11. The number of tetrazole rings is 1. The zero-order valence-electron chi connectivity index (χ0n) is 9.69. The molecule has 1 heterocycles. The Morgan fingerprint density at radius 3 is 2.72 bits per heavy atom. The van der Waals surface area contributed by atoms with Crippen LogP contribution in [-0.2, 0) is 4.74 Å². The van der Waals surface area contributed by atoms with Gasteiger partial charge in [0.1, 0.15) is 0 Å². The first-order valence-corrected chi connectivity index (χ1v) is 5.59. The minimum atomic E-state index is 0.519. The standard InChI is InChI=1S/C12H11ClN4O/c1-18-9-3-2-4-12-14-16-17(15-12)11-7-5-10(13)6-8-11/h2-9H,1H3/b4-2-,9-3-. The zero-order chi connectivity index (χ0) is 12.8. The van der Waals surface area contributed by atoms with Crippen LogP contribution in [0.1, 0.15) is 5.82 Å². The number of aromatic nitrogens is 4. The van der Waals surface area contributed by atoms with Crippen molar-refractivity contribution in [3.05, 3.63) is 53.5 Å². The van der Waals surface area contributed by atoms with Crippen molar-refractivity contribution in [3.8, 4) is 5.69 Å². The van der Waals surface area contributed by atoms with Gasteiger partial charge in [0.05, 0.1) is 19.1 Å². The van der Waals surface area contributed by atoms with Crippen LogP contribution in [0.3, 0.4) is 0 Å². The third kappa shape index (κ3) is 3.18. The lowest BCUT2D eigenvalue weighted by Gasteiger charge is -1.96. The Labute approximate surface area is 109 Å². The molecule has 2 rings (SSSR count). The topological polar surface area (TPSA) is 52.8 Å². The molecule has 18 heavy (non-hydrogen) atoms. The lowest BCUT2D eigenvalue weighted by molar-refractivity contribution is 0.338. The van der Waals surface area contributed by atoms with Crippen LogP contribution in [0, 0.1) is 0 Å². The van der Waals surface area contributed by atoms with E-state index in [0.29, 0.717) is 10.8 Å². The summed E-state index contributed by atoms with van der Waals surface area (Å²) >= 11 is 5.81. The van der Waals surface area contributed by atoms with Crippen LogP contribution in [0.5, 0.6) is 0 Å². The third-order valence-electron chi connectivity index (χ3n) is 2.06. The van der Waals surface area contributed by atoms with Crippen molar-refractivity contribution in [3.63, 3.8) is 0 Å². The molecular formula is C12H11ClN4O. The number of allylic oxidation sites excluding steroid dienone is 2. The molecule has 92 valence electrons. The smallest absolute Gasteiger partial charge is 0.198 e. The lowest BCUT2D eigenvalue weighted by atomic mass is 10.3. The quantitative estimate of drug-likeness (QED) is 0.627. The Morgan fingerprint density at radius 2 is 2.00 bits per heavy atom. The summed E-state index contributed by atoms with van der Waals surface area (Å²) in [4.78, 5) is 1.44. The molecular weight excluding hydrogens is 252 g/mol. The highest BCUT2D eigenvalue weighted by molar-refractivity contribution is 6.30.